The Morgan fingerprint density at radius 2 is 2.05 bits per heavy atom. The van der Waals surface area contributed by atoms with Gasteiger partial charge in [0.1, 0.15) is 10.6 Å². The molecule has 0 atom stereocenters. The number of amides is 1. The number of aliphatic carboxylic acids is 1. The van der Waals surface area contributed by atoms with E-state index in [1.54, 1.807) is 7.05 Å². The third-order valence-corrected chi connectivity index (χ3v) is 4.87. The number of aryl methyl sites for hydroxylation is 1. The molecule has 1 aliphatic rings. The first-order valence-electron chi connectivity index (χ1n) is 6.35. The Balaban J connectivity index is 2.10. The Morgan fingerprint density at radius 1 is 1.43 bits per heavy atom. The first-order valence-corrected chi connectivity index (χ1v) is 7.84. The van der Waals surface area contributed by atoms with E-state index in [-0.39, 0.29) is 28.8 Å². The van der Waals surface area contributed by atoms with Crippen molar-refractivity contribution >= 4 is 21.9 Å². The maximum Gasteiger partial charge on any atom is 0.303 e. The van der Waals surface area contributed by atoms with Crippen LogP contribution in [0, 0.1) is 5.92 Å². The summed E-state index contributed by atoms with van der Waals surface area (Å²) in [5.41, 5.74) is 0.262. The first kappa shape index (κ1) is 15.5. The van der Waals surface area contributed by atoms with E-state index in [9.17, 15) is 18.0 Å². The van der Waals surface area contributed by atoms with Crippen molar-refractivity contribution in [1.29, 1.82) is 0 Å². The molecule has 21 heavy (non-hydrogen) atoms. The molecule has 0 radical (unpaired) electrons. The lowest BCUT2D eigenvalue weighted by atomic mass is 9.96. The van der Waals surface area contributed by atoms with Gasteiger partial charge < -0.3 is 14.6 Å². The van der Waals surface area contributed by atoms with Gasteiger partial charge in [-0.05, 0) is 13.1 Å². The summed E-state index contributed by atoms with van der Waals surface area (Å²) in [6.07, 6.45) is 1.41. The number of nitrogens with one attached hydrogen (secondary N) is 1. The van der Waals surface area contributed by atoms with Gasteiger partial charge in [0.2, 0.25) is 10.0 Å². The van der Waals surface area contributed by atoms with Crippen LogP contribution in [0.5, 0.6) is 0 Å². The molecule has 0 aliphatic carbocycles. The highest BCUT2D eigenvalue weighted by Crippen LogP contribution is 2.23. The van der Waals surface area contributed by atoms with Crippen LogP contribution in [-0.2, 0) is 21.9 Å². The Labute approximate surface area is 122 Å². The fraction of sp³-hybridized carbons (Fsp3) is 0.500. The van der Waals surface area contributed by atoms with E-state index in [2.05, 4.69) is 4.72 Å². The zero-order valence-electron chi connectivity index (χ0n) is 11.7. The number of carbonyl (C=O) groups excluding carboxylic acids is 1. The van der Waals surface area contributed by atoms with Gasteiger partial charge in [-0.3, -0.25) is 9.59 Å². The van der Waals surface area contributed by atoms with Crippen molar-refractivity contribution in [3.8, 4) is 0 Å². The zero-order chi connectivity index (χ0) is 15.8. The van der Waals surface area contributed by atoms with Gasteiger partial charge in [0.05, 0.1) is 6.42 Å². The standard InChI is InChI=1S/C12H17N3O5S/c1-13-21(19,20)9-4-10(14(2)7-9)12(18)15-5-8(6-15)3-11(16)17/h4,7-8,13H,3,5-6H2,1-2H3,(H,16,17). The van der Waals surface area contributed by atoms with Crippen molar-refractivity contribution in [3.63, 3.8) is 0 Å². The molecule has 1 fully saturated rings. The SMILES string of the molecule is CNS(=O)(=O)c1cc(C(=O)N2CC(CC(=O)O)C2)n(C)c1. The second-order valence-corrected chi connectivity index (χ2v) is 6.94. The van der Waals surface area contributed by atoms with Crippen LogP contribution < -0.4 is 4.72 Å². The highest BCUT2D eigenvalue weighted by atomic mass is 32.2. The minimum Gasteiger partial charge on any atom is -0.481 e. The van der Waals surface area contributed by atoms with Crippen LogP contribution in [0.25, 0.3) is 0 Å². The number of likely N-dealkylation sites (tertiary alicyclic amines) is 1. The number of rotatable bonds is 5. The second-order valence-electron chi connectivity index (χ2n) is 5.05. The minimum absolute atomic E-state index is 0.0264. The fourth-order valence-electron chi connectivity index (χ4n) is 2.29. The Kier molecular flexibility index (Phi) is 4.06. The van der Waals surface area contributed by atoms with Crippen LogP contribution in [0.4, 0.5) is 0 Å². The van der Waals surface area contributed by atoms with Crippen LogP contribution in [-0.4, -0.2) is 55.0 Å². The molecule has 0 spiro atoms. The van der Waals surface area contributed by atoms with Gasteiger partial charge in [-0.15, -0.1) is 0 Å². The zero-order valence-corrected chi connectivity index (χ0v) is 12.6. The number of carboxylic acids is 1. The number of sulfonamides is 1. The Hall–Kier alpha value is -1.87. The van der Waals surface area contributed by atoms with Gasteiger partial charge in [0.25, 0.3) is 5.91 Å². The summed E-state index contributed by atoms with van der Waals surface area (Å²) in [6.45, 7) is 0.759. The van der Waals surface area contributed by atoms with Crippen molar-refractivity contribution in [2.24, 2.45) is 13.0 Å². The highest BCUT2D eigenvalue weighted by Gasteiger charge is 2.34. The second kappa shape index (κ2) is 5.49. The first-order chi connectivity index (χ1) is 9.74. The van der Waals surface area contributed by atoms with Gasteiger partial charge in [-0.2, -0.15) is 0 Å². The smallest absolute Gasteiger partial charge is 0.303 e. The summed E-state index contributed by atoms with van der Waals surface area (Å²) in [6, 6.07) is 1.32. The summed E-state index contributed by atoms with van der Waals surface area (Å²) < 4.78 is 27.0. The molecule has 1 saturated heterocycles. The van der Waals surface area contributed by atoms with Crippen molar-refractivity contribution in [2.45, 2.75) is 11.3 Å². The monoisotopic (exact) mass is 315 g/mol. The normalized spacial score (nSPS) is 15.8. The van der Waals surface area contributed by atoms with E-state index < -0.39 is 16.0 Å². The van der Waals surface area contributed by atoms with Gasteiger partial charge in [0, 0.05) is 32.3 Å². The fourth-order valence-corrected chi connectivity index (χ4v) is 3.08. The van der Waals surface area contributed by atoms with Gasteiger partial charge in [0.15, 0.2) is 0 Å². The molecular weight excluding hydrogens is 298 g/mol. The molecule has 1 aromatic heterocycles. The largest absolute Gasteiger partial charge is 0.481 e. The van der Waals surface area contributed by atoms with Gasteiger partial charge in [-0.25, -0.2) is 13.1 Å². The molecular formula is C12H17N3O5S. The van der Waals surface area contributed by atoms with Crippen LogP contribution >= 0.6 is 0 Å². The van der Waals surface area contributed by atoms with Gasteiger partial charge >= 0.3 is 5.97 Å². The van der Waals surface area contributed by atoms with Gasteiger partial charge in [-0.1, -0.05) is 0 Å². The predicted molar refractivity (Wildman–Crippen MR) is 73.3 cm³/mol. The van der Waals surface area contributed by atoms with E-state index in [1.807, 2.05) is 0 Å². The molecule has 0 unspecified atom stereocenters. The number of nitrogens with zero attached hydrogens (tertiary/aromatic N) is 2. The molecule has 1 amide bonds. The summed E-state index contributed by atoms with van der Waals surface area (Å²) in [5.74, 6) is -1.21. The average molecular weight is 315 g/mol. The van der Waals surface area contributed by atoms with E-state index in [1.165, 1.54) is 28.8 Å². The van der Waals surface area contributed by atoms with E-state index in [0.29, 0.717) is 13.1 Å². The van der Waals surface area contributed by atoms with Crippen LogP contribution in [0.15, 0.2) is 17.2 Å². The van der Waals surface area contributed by atoms with Crippen LogP contribution in [0.1, 0.15) is 16.9 Å². The summed E-state index contributed by atoms with van der Waals surface area (Å²) in [7, 11) is -0.699. The maximum atomic E-state index is 12.3. The molecule has 0 aromatic carbocycles. The van der Waals surface area contributed by atoms with E-state index in [0.717, 1.165) is 0 Å². The van der Waals surface area contributed by atoms with Crippen LogP contribution in [0.3, 0.4) is 0 Å². The number of hydrogen-bond acceptors (Lipinski definition) is 4. The van der Waals surface area contributed by atoms with Crippen molar-refractivity contribution in [1.82, 2.24) is 14.2 Å². The minimum atomic E-state index is -3.59. The molecule has 2 N–H and O–H groups in total. The predicted octanol–water partition coefficient (Wildman–Crippen LogP) is -0.520. The summed E-state index contributed by atoms with van der Waals surface area (Å²) >= 11 is 0. The summed E-state index contributed by atoms with van der Waals surface area (Å²) in [4.78, 5) is 24.4. The Bertz CT molecular complexity index is 673. The van der Waals surface area contributed by atoms with E-state index >= 15 is 0 Å². The molecule has 2 heterocycles. The lowest BCUT2D eigenvalue weighted by Gasteiger charge is -2.38. The quantitative estimate of drug-likeness (QED) is 0.760. The topological polar surface area (TPSA) is 109 Å². The Morgan fingerprint density at radius 3 is 2.57 bits per heavy atom. The number of aromatic nitrogens is 1. The average Bonchev–Trinajstić information content (AvgIpc) is 2.75. The third-order valence-electron chi connectivity index (χ3n) is 3.49. The maximum absolute atomic E-state index is 12.3. The van der Waals surface area contributed by atoms with Crippen molar-refractivity contribution < 1.29 is 23.1 Å². The third kappa shape index (κ3) is 3.08. The molecule has 0 saturated carbocycles. The molecule has 8 nitrogen and oxygen atoms in total. The summed E-state index contributed by atoms with van der Waals surface area (Å²) in [5, 5.41) is 8.67. The lowest BCUT2D eigenvalue weighted by molar-refractivity contribution is -0.139. The molecule has 1 aliphatic heterocycles. The molecule has 1 aromatic rings. The van der Waals surface area contributed by atoms with E-state index in [4.69, 9.17) is 5.11 Å². The van der Waals surface area contributed by atoms with Crippen LogP contribution in [0.2, 0.25) is 0 Å². The van der Waals surface area contributed by atoms with Crippen molar-refractivity contribution in [3.05, 3.63) is 18.0 Å². The van der Waals surface area contributed by atoms with Crippen molar-refractivity contribution in [2.75, 3.05) is 20.1 Å². The molecule has 2 rings (SSSR count). The molecule has 9 heteroatoms. The molecule has 116 valence electrons. The number of hydrogen-bond donors (Lipinski definition) is 2. The highest BCUT2D eigenvalue weighted by molar-refractivity contribution is 7.89. The number of carbonyl (C=O) groups is 2. The number of carboxylic acid groups (broad SMARTS) is 1. The molecule has 0 bridgehead atoms. The lowest BCUT2D eigenvalue weighted by Crippen LogP contribution is -2.50.